The molecule has 2 aromatic carbocycles. The predicted octanol–water partition coefficient (Wildman–Crippen LogP) is 4.85. The molecule has 1 saturated carbocycles. The Bertz CT molecular complexity index is 1110. The van der Waals surface area contributed by atoms with Crippen molar-refractivity contribution in [2.24, 2.45) is 4.36 Å². The van der Waals surface area contributed by atoms with Gasteiger partial charge in [0.15, 0.2) is 0 Å². The number of nitriles is 1. The molecule has 164 valence electrons. The molecule has 0 saturated heterocycles. The van der Waals surface area contributed by atoms with E-state index in [2.05, 4.69) is 29.2 Å². The van der Waals surface area contributed by atoms with Crippen LogP contribution in [0.1, 0.15) is 66.3 Å². The van der Waals surface area contributed by atoms with E-state index in [-0.39, 0.29) is 18.2 Å². The summed E-state index contributed by atoms with van der Waals surface area (Å²) in [6.07, 6.45) is 3.80. The van der Waals surface area contributed by atoms with Crippen LogP contribution in [0.5, 0.6) is 0 Å². The highest BCUT2D eigenvalue weighted by Crippen LogP contribution is 2.44. The summed E-state index contributed by atoms with van der Waals surface area (Å²) < 4.78 is 17.4. The average molecular weight is 438 g/mol. The van der Waals surface area contributed by atoms with Crippen LogP contribution in [0.2, 0.25) is 0 Å². The van der Waals surface area contributed by atoms with Gasteiger partial charge in [-0.05, 0) is 85.3 Å². The van der Waals surface area contributed by atoms with Gasteiger partial charge in [-0.25, -0.2) is 4.21 Å². The number of nitrogens with zero attached hydrogens (tertiary/aromatic N) is 3. The van der Waals surface area contributed by atoms with Crippen LogP contribution in [0.4, 0.5) is 0 Å². The molecule has 5 nitrogen and oxygen atoms in total. The van der Waals surface area contributed by atoms with Crippen LogP contribution in [0, 0.1) is 11.3 Å². The van der Waals surface area contributed by atoms with Crippen LogP contribution >= 0.6 is 0 Å². The van der Waals surface area contributed by atoms with Crippen molar-refractivity contribution in [1.29, 1.82) is 5.26 Å². The number of benzene rings is 2. The van der Waals surface area contributed by atoms with Crippen LogP contribution in [-0.2, 0) is 27.5 Å². The second-order valence-corrected chi connectivity index (χ2v) is 11.3. The molecule has 0 bridgehead atoms. The molecule has 1 atom stereocenters. The molecular weight excluding hydrogens is 406 g/mol. The maximum atomic E-state index is 13.2. The third-order valence-corrected chi connectivity index (χ3v) is 7.25. The zero-order valence-electron chi connectivity index (χ0n) is 19.0. The first-order valence-electron chi connectivity index (χ1n) is 10.7. The van der Waals surface area contributed by atoms with E-state index in [9.17, 15) is 14.3 Å². The predicted molar refractivity (Wildman–Crippen MR) is 125 cm³/mol. The molecule has 1 fully saturated rings. The monoisotopic (exact) mass is 437 g/mol. The van der Waals surface area contributed by atoms with E-state index in [0.717, 1.165) is 41.6 Å². The fourth-order valence-electron chi connectivity index (χ4n) is 3.90. The van der Waals surface area contributed by atoms with E-state index in [1.54, 1.807) is 12.1 Å². The Morgan fingerprint density at radius 1 is 1.23 bits per heavy atom. The Labute approximate surface area is 186 Å². The third-order valence-electron chi connectivity index (χ3n) is 5.55. The lowest BCUT2D eigenvalue weighted by molar-refractivity contribution is -0.117. The number of carbonyl (C=O) groups excluding carboxylic acids is 1. The summed E-state index contributed by atoms with van der Waals surface area (Å²) in [5.74, 6) is 0.214. The summed E-state index contributed by atoms with van der Waals surface area (Å²) >= 11 is 0. The largest absolute Gasteiger partial charge is 0.305 e. The van der Waals surface area contributed by atoms with Gasteiger partial charge in [-0.3, -0.25) is 4.79 Å². The van der Waals surface area contributed by atoms with Crippen molar-refractivity contribution in [3.63, 3.8) is 0 Å². The van der Waals surface area contributed by atoms with Gasteiger partial charge in [-0.2, -0.15) is 9.62 Å². The van der Waals surface area contributed by atoms with Crippen molar-refractivity contribution in [3.8, 4) is 6.07 Å². The summed E-state index contributed by atoms with van der Waals surface area (Å²) in [5.41, 5.74) is 4.81. The first kappa shape index (κ1) is 23.2. The summed E-state index contributed by atoms with van der Waals surface area (Å²) in [7, 11) is 1.16. The van der Waals surface area contributed by atoms with Gasteiger partial charge in [0.05, 0.1) is 27.8 Å². The normalized spacial score (nSPS) is 15.5. The van der Waals surface area contributed by atoms with Crippen LogP contribution < -0.4 is 0 Å². The highest BCUT2D eigenvalue weighted by Gasteiger charge is 2.29. The van der Waals surface area contributed by atoms with E-state index < -0.39 is 9.73 Å². The maximum Gasteiger partial charge on any atom is 0.258 e. The van der Waals surface area contributed by atoms with Crippen LogP contribution in [0.15, 0.2) is 45.7 Å². The van der Waals surface area contributed by atoms with Crippen molar-refractivity contribution >= 4 is 15.6 Å². The third kappa shape index (κ3) is 5.81. The van der Waals surface area contributed by atoms with E-state index in [4.69, 9.17) is 0 Å². The highest BCUT2D eigenvalue weighted by molar-refractivity contribution is 7.93. The Morgan fingerprint density at radius 3 is 2.39 bits per heavy atom. The number of carbonyl (C=O) groups is 1. The van der Waals surface area contributed by atoms with E-state index in [1.807, 2.05) is 38.4 Å². The minimum absolute atomic E-state index is 0.120. The minimum atomic E-state index is -2.83. The molecule has 6 heteroatoms. The van der Waals surface area contributed by atoms with Crippen molar-refractivity contribution in [3.05, 3.63) is 64.2 Å². The lowest BCUT2D eigenvalue weighted by Gasteiger charge is -2.17. The quantitative estimate of drug-likeness (QED) is 0.621. The molecule has 3 rings (SSSR count). The van der Waals surface area contributed by atoms with Crippen molar-refractivity contribution in [2.75, 3.05) is 20.4 Å². The molecule has 1 aliphatic carbocycles. The molecular formula is C25H31N3O2S. The van der Waals surface area contributed by atoms with E-state index in [0.29, 0.717) is 16.4 Å². The summed E-state index contributed by atoms with van der Waals surface area (Å²) in [5, 5.41) is 9.41. The maximum absolute atomic E-state index is 13.2. The highest BCUT2D eigenvalue weighted by atomic mass is 32.2. The van der Waals surface area contributed by atoms with Gasteiger partial charge in [0.2, 0.25) is 0 Å². The number of amides is 1. The van der Waals surface area contributed by atoms with Gasteiger partial charge in [0.25, 0.3) is 5.91 Å². The molecule has 0 radical (unpaired) electrons. The summed E-state index contributed by atoms with van der Waals surface area (Å²) in [6.45, 7) is 4.93. The van der Waals surface area contributed by atoms with Crippen LogP contribution in [0.3, 0.4) is 0 Å². The lowest BCUT2D eigenvalue weighted by atomic mass is 9.87. The smallest absolute Gasteiger partial charge is 0.258 e. The van der Waals surface area contributed by atoms with E-state index >= 15 is 0 Å². The van der Waals surface area contributed by atoms with Crippen molar-refractivity contribution in [2.45, 2.75) is 56.4 Å². The van der Waals surface area contributed by atoms with Gasteiger partial charge in [-0.1, -0.05) is 26.0 Å². The Hall–Kier alpha value is -2.49. The molecule has 0 aromatic heterocycles. The molecule has 2 aromatic rings. The Kier molecular flexibility index (Phi) is 6.98. The second kappa shape index (κ2) is 9.33. The molecule has 0 N–H and O–H groups in total. The number of rotatable bonds is 7. The first-order chi connectivity index (χ1) is 14.6. The van der Waals surface area contributed by atoms with Gasteiger partial charge in [0, 0.05) is 17.7 Å². The molecule has 1 amide bonds. The van der Waals surface area contributed by atoms with Gasteiger partial charge < -0.3 is 4.90 Å². The van der Waals surface area contributed by atoms with Crippen molar-refractivity contribution in [1.82, 2.24) is 4.90 Å². The molecule has 0 aliphatic heterocycles. The number of hydrogen-bond donors (Lipinski definition) is 0. The Morgan fingerprint density at radius 2 is 1.87 bits per heavy atom. The minimum Gasteiger partial charge on any atom is -0.305 e. The van der Waals surface area contributed by atoms with Crippen molar-refractivity contribution < 1.29 is 9.00 Å². The molecule has 1 unspecified atom stereocenters. The fraction of sp³-hybridized carbons (Fsp3) is 0.440. The van der Waals surface area contributed by atoms with Crippen LogP contribution in [0.25, 0.3) is 0 Å². The van der Waals surface area contributed by atoms with E-state index in [1.165, 1.54) is 6.26 Å². The average Bonchev–Trinajstić information content (AvgIpc) is 3.52. The van der Waals surface area contributed by atoms with Gasteiger partial charge >= 0.3 is 0 Å². The van der Waals surface area contributed by atoms with Gasteiger partial charge in [-0.15, -0.1) is 0 Å². The zero-order chi connectivity index (χ0) is 22.8. The zero-order valence-corrected chi connectivity index (χ0v) is 19.8. The molecule has 31 heavy (non-hydrogen) atoms. The number of hydrogen-bond acceptors (Lipinski definition) is 4. The van der Waals surface area contributed by atoms with Gasteiger partial charge in [0.1, 0.15) is 0 Å². The molecule has 0 spiro atoms. The molecule has 0 heterocycles. The second-order valence-electron chi connectivity index (χ2n) is 9.02. The molecule has 1 aliphatic rings. The SMILES string of the molecule is CC(C)c1cc(C#N)cc(C2CC2)c1CC(=O)N=S(C)(=O)c1ccc(CN(C)C)cc1. The first-order valence-corrected chi connectivity index (χ1v) is 12.6. The topological polar surface area (TPSA) is 73.5 Å². The fourth-order valence-corrected chi connectivity index (χ4v) is 5.10. The standard InChI is InChI=1S/C25H31N3O2S/c1-17(2)22-12-19(15-26)13-23(20-8-9-20)24(22)14-25(29)27-31(5,30)21-10-6-18(7-11-21)16-28(3)4/h6-7,10-13,17,20H,8-9,14,16H2,1-5H3. The summed E-state index contributed by atoms with van der Waals surface area (Å²) in [4.78, 5) is 15.5. The summed E-state index contributed by atoms with van der Waals surface area (Å²) in [6, 6.07) is 13.5. The lowest BCUT2D eigenvalue weighted by Crippen LogP contribution is -2.11. The Balaban J connectivity index is 1.91. The van der Waals surface area contributed by atoms with Crippen LogP contribution in [-0.4, -0.2) is 35.4 Å².